The van der Waals surface area contributed by atoms with E-state index in [1.165, 1.54) is 23.3 Å². The summed E-state index contributed by atoms with van der Waals surface area (Å²) in [6.07, 6.45) is 0.140. The Balaban J connectivity index is 0.000000201. The SMILES string of the molecule is Cc1cccc(C)c1-n1c(-c2[c-]cc(F)cc2)nc2ccccc21.[2H]c1cc(C([2H])([2H])C(C)(C)C)cc([2H])c1-c1ccc(-c2ccnc(-c3[c-]cccc3)c2)cc1.[Ir]. The number of benzene rings is 6. The maximum absolute atomic E-state index is 13.3. The largest absolute Gasteiger partial charge is 0.333 e. The van der Waals surface area contributed by atoms with Crippen LogP contribution in [-0.2, 0) is 26.5 Å². The molecule has 1 radical (unpaired) electrons. The van der Waals surface area contributed by atoms with Gasteiger partial charge in [-0.25, -0.2) is 0 Å². The molecule has 3 nitrogen and oxygen atoms in total. The second-order valence-corrected chi connectivity index (χ2v) is 14.0. The Kier molecular flexibility index (Phi) is 10.2. The van der Waals surface area contributed by atoms with Gasteiger partial charge in [0, 0.05) is 40.5 Å². The van der Waals surface area contributed by atoms with Crippen LogP contribution < -0.4 is 0 Å². The Labute approximate surface area is 337 Å². The van der Waals surface area contributed by atoms with E-state index in [2.05, 4.69) is 59.8 Å². The molecule has 0 spiro atoms. The molecule has 0 aliphatic carbocycles. The molecule has 6 aromatic carbocycles. The fourth-order valence-corrected chi connectivity index (χ4v) is 6.33. The van der Waals surface area contributed by atoms with Gasteiger partial charge >= 0.3 is 0 Å². The van der Waals surface area contributed by atoms with Crippen LogP contribution >= 0.6 is 0 Å². The number of fused-ring (bicyclic) bond motifs is 1. The molecule has 0 saturated heterocycles. The van der Waals surface area contributed by atoms with E-state index >= 15 is 0 Å². The molecule has 271 valence electrons. The maximum Gasteiger partial charge on any atom is 0.0774 e. The number of para-hydroxylation sites is 3. The van der Waals surface area contributed by atoms with Crippen molar-refractivity contribution in [1.82, 2.24) is 14.5 Å². The fourth-order valence-electron chi connectivity index (χ4n) is 6.33. The average Bonchev–Trinajstić information content (AvgIpc) is 3.57. The second kappa shape index (κ2) is 16.7. The molecular weight excluding hydrogens is 842 g/mol. The number of aromatic nitrogens is 3. The summed E-state index contributed by atoms with van der Waals surface area (Å²) in [5.41, 5.74) is 11.0. The number of hydrogen-bond donors (Lipinski definition) is 0. The Bertz CT molecular complexity index is 2650. The van der Waals surface area contributed by atoms with Crippen molar-refractivity contribution in [3.63, 3.8) is 0 Å². The van der Waals surface area contributed by atoms with Crippen LogP contribution in [0.25, 0.3) is 61.6 Å². The van der Waals surface area contributed by atoms with Crippen molar-refractivity contribution >= 4 is 11.0 Å². The normalized spacial score (nSPS) is 12.4. The molecule has 0 fully saturated rings. The number of hydrogen-bond acceptors (Lipinski definition) is 2. The van der Waals surface area contributed by atoms with E-state index in [0.29, 0.717) is 11.1 Å². The van der Waals surface area contributed by atoms with E-state index in [1.807, 2.05) is 99.6 Å². The first-order valence-corrected chi connectivity index (χ1v) is 17.6. The van der Waals surface area contributed by atoms with Crippen LogP contribution in [0.4, 0.5) is 4.39 Å². The monoisotopic (exact) mass is 888 g/mol. The smallest absolute Gasteiger partial charge is 0.0774 e. The minimum atomic E-state index is -1.64. The molecule has 0 aliphatic rings. The van der Waals surface area contributed by atoms with Crippen molar-refractivity contribution in [3.05, 3.63) is 186 Å². The molecule has 8 aromatic rings. The zero-order valence-electron chi connectivity index (χ0n) is 34.8. The number of nitrogens with zero attached hydrogens (tertiary/aromatic N) is 3. The van der Waals surface area contributed by atoms with Gasteiger partial charge in [-0.15, -0.1) is 65.7 Å². The maximum atomic E-state index is 13.3. The van der Waals surface area contributed by atoms with Crippen molar-refractivity contribution in [3.8, 4) is 50.6 Å². The molecular formula is C49H42FIrN3-2. The Morgan fingerprint density at radius 2 is 1.41 bits per heavy atom. The molecule has 2 aromatic heterocycles. The summed E-state index contributed by atoms with van der Waals surface area (Å²) >= 11 is 0. The number of aryl methyl sites for hydroxylation is 2. The van der Waals surface area contributed by atoms with Crippen molar-refractivity contribution in [2.24, 2.45) is 5.41 Å². The minimum Gasteiger partial charge on any atom is -0.333 e. The van der Waals surface area contributed by atoms with Gasteiger partial charge in [0.1, 0.15) is 0 Å². The van der Waals surface area contributed by atoms with Gasteiger partial charge in [0.05, 0.1) is 19.6 Å². The third-order valence-electron chi connectivity index (χ3n) is 8.75. The summed E-state index contributed by atoms with van der Waals surface area (Å²) in [6.45, 7) is 9.66. The third kappa shape index (κ3) is 8.82. The molecule has 0 amide bonds. The first-order valence-electron chi connectivity index (χ1n) is 19.6. The summed E-state index contributed by atoms with van der Waals surface area (Å²) in [7, 11) is 0. The summed E-state index contributed by atoms with van der Waals surface area (Å²) in [4.78, 5) is 9.24. The van der Waals surface area contributed by atoms with Gasteiger partial charge in [0.25, 0.3) is 0 Å². The van der Waals surface area contributed by atoms with Gasteiger partial charge in [0.2, 0.25) is 0 Å². The molecule has 54 heavy (non-hydrogen) atoms. The van der Waals surface area contributed by atoms with E-state index in [1.54, 1.807) is 24.4 Å². The van der Waals surface area contributed by atoms with Crippen molar-refractivity contribution in [2.75, 3.05) is 0 Å². The molecule has 0 bridgehead atoms. The van der Waals surface area contributed by atoms with Crippen LogP contribution in [0.2, 0.25) is 0 Å². The molecule has 0 unspecified atom stereocenters. The van der Waals surface area contributed by atoms with Gasteiger partial charge in [-0.05, 0) is 88.5 Å². The van der Waals surface area contributed by atoms with Crippen molar-refractivity contribution in [2.45, 2.75) is 41.0 Å². The molecule has 0 N–H and O–H groups in total. The van der Waals surface area contributed by atoms with E-state index in [0.717, 1.165) is 56.1 Å². The minimum absolute atomic E-state index is 0. The van der Waals surface area contributed by atoms with Crippen molar-refractivity contribution in [1.29, 1.82) is 0 Å². The summed E-state index contributed by atoms with van der Waals surface area (Å²) in [5, 5.41) is 0. The van der Waals surface area contributed by atoms with Crippen LogP contribution in [0.1, 0.15) is 42.9 Å². The Hall–Kier alpha value is -5.48. The van der Waals surface area contributed by atoms with Gasteiger partial charge in [-0.3, -0.25) is 9.37 Å². The summed E-state index contributed by atoms with van der Waals surface area (Å²) in [6, 6.07) is 47.9. The summed E-state index contributed by atoms with van der Waals surface area (Å²) in [5.74, 6) is 0.474. The van der Waals surface area contributed by atoms with Crippen LogP contribution in [-0.4, -0.2) is 14.5 Å². The quantitative estimate of drug-likeness (QED) is 0.156. The van der Waals surface area contributed by atoms with E-state index in [9.17, 15) is 4.39 Å². The fraction of sp³-hybridized carbons (Fsp3) is 0.143. The van der Waals surface area contributed by atoms with Crippen LogP contribution in [0.15, 0.2) is 152 Å². The van der Waals surface area contributed by atoms with Gasteiger partial charge in [-0.1, -0.05) is 106 Å². The van der Waals surface area contributed by atoms with E-state index in [4.69, 9.17) is 10.5 Å². The van der Waals surface area contributed by atoms with Gasteiger partial charge in [-0.2, -0.15) is 0 Å². The molecule has 8 rings (SSSR count). The molecule has 2 heterocycles. The standard InChI is InChI=1S/C28H26N.C21H16FN2.Ir/c1-28(2,3)20-21-9-11-22(12-10-21)23-13-15-24(16-14-23)26-17-18-29-27(19-26)25-7-5-4-6-8-25;1-14-6-5-7-15(2)20(14)24-19-9-4-3-8-18(19)23-21(24)16-10-12-17(22)13-11-16;/h4-7,9-19H,20H2,1-3H3;3-10,12-13H,1-2H3;/q2*-1;/i11D,12D,20D2;;. The van der Waals surface area contributed by atoms with Gasteiger partial charge in [0.15, 0.2) is 0 Å². The Morgan fingerprint density at radius 3 is 2.06 bits per heavy atom. The average molecular weight is 888 g/mol. The number of pyridine rings is 1. The van der Waals surface area contributed by atoms with Crippen LogP contribution in [0.3, 0.4) is 0 Å². The number of halogens is 1. The van der Waals surface area contributed by atoms with E-state index < -0.39 is 11.8 Å². The molecule has 0 atom stereocenters. The zero-order valence-corrected chi connectivity index (χ0v) is 33.2. The Morgan fingerprint density at radius 1 is 0.722 bits per heavy atom. The predicted molar refractivity (Wildman–Crippen MR) is 217 cm³/mol. The molecule has 0 aliphatic heterocycles. The second-order valence-electron chi connectivity index (χ2n) is 14.0. The number of rotatable bonds is 6. The van der Waals surface area contributed by atoms with Crippen LogP contribution in [0.5, 0.6) is 0 Å². The summed E-state index contributed by atoms with van der Waals surface area (Å²) < 4.78 is 49.4. The first kappa shape index (κ1) is 33.1. The molecule has 0 saturated carbocycles. The van der Waals surface area contributed by atoms with Crippen LogP contribution in [0, 0.1) is 37.2 Å². The number of imidazole rings is 1. The van der Waals surface area contributed by atoms with Gasteiger partial charge < -0.3 is 9.55 Å². The van der Waals surface area contributed by atoms with E-state index in [-0.39, 0.29) is 38.0 Å². The zero-order chi connectivity index (χ0) is 40.5. The van der Waals surface area contributed by atoms with Crippen molar-refractivity contribution < 1.29 is 30.0 Å². The third-order valence-corrected chi connectivity index (χ3v) is 8.75. The predicted octanol–water partition coefficient (Wildman–Crippen LogP) is 12.7. The topological polar surface area (TPSA) is 30.7 Å². The first-order chi connectivity index (χ1) is 27.2. The molecule has 5 heteroatoms.